The third-order valence-electron chi connectivity index (χ3n) is 7.36. The largest absolute Gasteiger partial charge is 0.481 e. The van der Waals surface area contributed by atoms with E-state index in [1.165, 1.54) is 12.1 Å². The van der Waals surface area contributed by atoms with E-state index in [0.29, 0.717) is 32.6 Å². The van der Waals surface area contributed by atoms with Crippen LogP contribution < -0.4 is 0 Å². The van der Waals surface area contributed by atoms with Gasteiger partial charge in [-0.3, -0.25) is 9.59 Å². The molecule has 1 amide bonds. The van der Waals surface area contributed by atoms with Gasteiger partial charge < -0.3 is 15.1 Å². The van der Waals surface area contributed by atoms with Gasteiger partial charge in [-0.25, -0.2) is 0 Å². The third kappa shape index (κ3) is 4.31. The summed E-state index contributed by atoms with van der Waals surface area (Å²) in [4.78, 5) is 27.4. The van der Waals surface area contributed by atoms with Crippen LogP contribution in [0.15, 0.2) is 54.6 Å². The molecule has 0 spiro atoms. The molecule has 2 aromatic carbocycles. The minimum absolute atomic E-state index is 0.0597. The highest BCUT2D eigenvalue weighted by molar-refractivity contribution is 5.95. The van der Waals surface area contributed by atoms with Gasteiger partial charge in [0.05, 0.1) is 5.41 Å². The molecular weight excluding hydrogens is 447 g/mol. The Morgan fingerprint density at radius 1 is 0.912 bits per heavy atom. The van der Waals surface area contributed by atoms with Crippen molar-refractivity contribution >= 4 is 11.9 Å². The van der Waals surface area contributed by atoms with Crippen LogP contribution in [0, 0.1) is 0 Å². The lowest BCUT2D eigenvalue weighted by molar-refractivity contribution is -0.258. The summed E-state index contributed by atoms with van der Waals surface area (Å²) >= 11 is 0. The summed E-state index contributed by atoms with van der Waals surface area (Å²) < 4.78 is 39.4. The molecule has 5 nitrogen and oxygen atoms in total. The van der Waals surface area contributed by atoms with Crippen LogP contribution in [0.4, 0.5) is 13.2 Å². The molecule has 2 N–H and O–H groups in total. The van der Waals surface area contributed by atoms with Gasteiger partial charge in [-0.1, -0.05) is 42.5 Å². The van der Waals surface area contributed by atoms with Gasteiger partial charge in [-0.05, 0) is 68.7 Å². The molecule has 2 saturated carbocycles. The average molecular weight is 476 g/mol. The minimum atomic E-state index is -4.84. The highest BCUT2D eigenvalue weighted by Crippen LogP contribution is 2.44. The predicted molar refractivity (Wildman–Crippen MR) is 119 cm³/mol. The zero-order valence-corrected chi connectivity index (χ0v) is 18.9. The predicted octanol–water partition coefficient (Wildman–Crippen LogP) is 5.03. The number of hydrogen-bond donors (Lipinski definition) is 2. The lowest BCUT2D eigenvalue weighted by atomic mass is 9.68. The van der Waals surface area contributed by atoms with E-state index in [-0.39, 0.29) is 29.1 Å². The number of halogens is 3. The Hall–Kier alpha value is -2.87. The quantitative estimate of drug-likeness (QED) is 0.615. The van der Waals surface area contributed by atoms with Crippen molar-refractivity contribution in [1.82, 2.24) is 4.90 Å². The maximum absolute atomic E-state index is 13.4. The SMILES string of the molecule is C[C@](O)(c1ccc(C(=O)N(C2CC2)[C@H]2CC[C@](C(=O)O)(c3ccccc3)CC2)cc1)C(F)(F)F. The van der Waals surface area contributed by atoms with E-state index in [9.17, 15) is 33.0 Å². The zero-order chi connectivity index (χ0) is 24.7. The van der Waals surface area contributed by atoms with Crippen LogP contribution in [0.5, 0.6) is 0 Å². The molecule has 34 heavy (non-hydrogen) atoms. The third-order valence-corrected chi connectivity index (χ3v) is 7.36. The van der Waals surface area contributed by atoms with Crippen molar-refractivity contribution in [1.29, 1.82) is 0 Å². The number of hydrogen-bond acceptors (Lipinski definition) is 3. The number of aliphatic hydroxyl groups is 1. The van der Waals surface area contributed by atoms with Crippen LogP contribution in [-0.2, 0) is 15.8 Å². The molecule has 2 aromatic rings. The number of nitrogens with zero attached hydrogens (tertiary/aromatic N) is 1. The summed E-state index contributed by atoms with van der Waals surface area (Å²) in [5, 5.41) is 19.9. The van der Waals surface area contributed by atoms with Crippen LogP contribution in [0.3, 0.4) is 0 Å². The topological polar surface area (TPSA) is 77.8 Å². The molecule has 1 atom stereocenters. The number of carbonyl (C=O) groups excluding carboxylic acids is 1. The summed E-state index contributed by atoms with van der Waals surface area (Å²) in [6.45, 7) is 0.684. The fraction of sp³-hybridized carbons (Fsp3) is 0.462. The second-order valence-corrected chi connectivity index (χ2v) is 9.58. The van der Waals surface area contributed by atoms with Crippen LogP contribution in [0.2, 0.25) is 0 Å². The normalized spacial score (nSPS) is 24.8. The van der Waals surface area contributed by atoms with E-state index in [0.717, 1.165) is 30.5 Å². The van der Waals surface area contributed by atoms with Crippen molar-refractivity contribution in [3.63, 3.8) is 0 Å². The fourth-order valence-electron chi connectivity index (χ4n) is 4.99. The zero-order valence-electron chi connectivity index (χ0n) is 18.9. The highest BCUT2D eigenvalue weighted by Gasteiger charge is 2.51. The van der Waals surface area contributed by atoms with Crippen molar-refractivity contribution in [3.8, 4) is 0 Å². The van der Waals surface area contributed by atoms with Crippen molar-refractivity contribution in [2.45, 2.75) is 74.7 Å². The van der Waals surface area contributed by atoms with Crippen LogP contribution >= 0.6 is 0 Å². The van der Waals surface area contributed by atoms with Gasteiger partial charge in [0.2, 0.25) is 0 Å². The van der Waals surface area contributed by atoms with Gasteiger partial charge in [0.15, 0.2) is 5.60 Å². The summed E-state index contributed by atoms with van der Waals surface area (Å²) in [6, 6.07) is 14.0. The first-order chi connectivity index (χ1) is 16.0. The van der Waals surface area contributed by atoms with Gasteiger partial charge in [-0.2, -0.15) is 13.2 Å². The first-order valence-electron chi connectivity index (χ1n) is 11.5. The number of carboxylic acids is 1. The van der Waals surface area contributed by atoms with Gasteiger partial charge >= 0.3 is 12.1 Å². The Morgan fingerprint density at radius 2 is 1.44 bits per heavy atom. The first-order valence-corrected chi connectivity index (χ1v) is 11.5. The Labute approximate surface area is 196 Å². The average Bonchev–Trinajstić information content (AvgIpc) is 3.64. The molecule has 0 aromatic heterocycles. The number of benzene rings is 2. The first kappa shape index (κ1) is 24.3. The van der Waals surface area contributed by atoms with Gasteiger partial charge in [-0.15, -0.1) is 0 Å². The second-order valence-electron chi connectivity index (χ2n) is 9.58. The summed E-state index contributed by atoms with van der Waals surface area (Å²) in [5.41, 5.74) is -3.31. The van der Waals surface area contributed by atoms with E-state index < -0.39 is 23.2 Å². The Bertz CT molecular complexity index is 1040. The van der Waals surface area contributed by atoms with Crippen LogP contribution in [-0.4, -0.2) is 45.2 Å². The lowest BCUT2D eigenvalue weighted by Crippen LogP contribution is -2.48. The minimum Gasteiger partial charge on any atom is -0.481 e. The molecule has 2 fully saturated rings. The molecule has 2 aliphatic carbocycles. The van der Waals surface area contributed by atoms with Crippen molar-refractivity contribution in [2.24, 2.45) is 0 Å². The number of rotatable bonds is 6. The van der Waals surface area contributed by atoms with Crippen molar-refractivity contribution in [3.05, 3.63) is 71.3 Å². The highest BCUT2D eigenvalue weighted by atomic mass is 19.4. The van der Waals surface area contributed by atoms with Crippen LogP contribution in [0.1, 0.15) is 66.9 Å². The monoisotopic (exact) mass is 475 g/mol. The molecule has 2 aliphatic rings. The molecular formula is C26H28F3NO4. The summed E-state index contributed by atoms with van der Waals surface area (Å²) in [5.74, 6) is -1.14. The number of carboxylic acid groups (broad SMARTS) is 1. The molecule has 0 bridgehead atoms. The van der Waals surface area contributed by atoms with E-state index in [4.69, 9.17) is 0 Å². The summed E-state index contributed by atoms with van der Waals surface area (Å²) in [7, 11) is 0. The molecule has 0 heterocycles. The second kappa shape index (κ2) is 8.73. The summed E-state index contributed by atoms with van der Waals surface area (Å²) in [6.07, 6.45) is -1.26. The van der Waals surface area contributed by atoms with Gasteiger partial charge in [0, 0.05) is 17.6 Å². The Morgan fingerprint density at radius 3 is 1.91 bits per heavy atom. The molecule has 0 aliphatic heterocycles. The molecule has 182 valence electrons. The van der Waals surface area contributed by atoms with E-state index >= 15 is 0 Å². The Kier molecular flexibility index (Phi) is 6.23. The number of carbonyl (C=O) groups is 2. The van der Waals surface area contributed by atoms with Crippen molar-refractivity contribution in [2.75, 3.05) is 0 Å². The maximum atomic E-state index is 13.4. The molecule has 0 unspecified atom stereocenters. The number of amides is 1. The lowest BCUT2D eigenvalue weighted by Gasteiger charge is -2.42. The molecule has 0 saturated heterocycles. The fourth-order valence-corrected chi connectivity index (χ4v) is 4.99. The van der Waals surface area contributed by atoms with Crippen LogP contribution in [0.25, 0.3) is 0 Å². The number of aliphatic carboxylic acids is 1. The smallest absolute Gasteiger partial charge is 0.421 e. The molecule has 4 rings (SSSR count). The maximum Gasteiger partial charge on any atom is 0.421 e. The Balaban J connectivity index is 1.53. The number of alkyl halides is 3. The molecule has 8 heteroatoms. The van der Waals surface area contributed by atoms with E-state index in [1.54, 1.807) is 4.90 Å². The molecule has 0 radical (unpaired) electrons. The van der Waals surface area contributed by atoms with Gasteiger partial charge in [0.1, 0.15) is 0 Å². The van der Waals surface area contributed by atoms with Crippen molar-refractivity contribution < 1.29 is 33.0 Å². The van der Waals surface area contributed by atoms with Gasteiger partial charge in [0.25, 0.3) is 5.91 Å². The standard InChI is InChI=1S/C26H28F3NO4/c1-24(34,26(27,28)29)18-9-7-17(8-10-18)22(31)30(20-11-12-20)21-13-15-25(16-14-21,23(32)33)19-5-3-2-4-6-19/h2-10,20-21,34H,11-16H2,1H3,(H,32,33)/t21-,24-,25+/m0/s1. The van der Waals surface area contributed by atoms with E-state index in [1.807, 2.05) is 30.3 Å². The van der Waals surface area contributed by atoms with E-state index in [2.05, 4.69) is 0 Å².